The van der Waals surface area contributed by atoms with Crippen LogP contribution in [0.4, 0.5) is 11.1 Å². The lowest BCUT2D eigenvalue weighted by atomic mass is 10.2. The Morgan fingerprint density at radius 2 is 2.11 bits per heavy atom. The Labute approximate surface area is 116 Å². The summed E-state index contributed by atoms with van der Waals surface area (Å²) < 4.78 is 9.41. The van der Waals surface area contributed by atoms with E-state index in [1.54, 1.807) is 4.90 Å². The summed E-state index contributed by atoms with van der Waals surface area (Å²) in [5.74, 6) is 2.43. The maximum absolute atomic E-state index is 5.13. The topological polar surface area (TPSA) is 80.0 Å². The first kappa shape index (κ1) is 13.7. The number of nitrogens with one attached hydrogen (secondary N) is 1. The SMILES string of the molecule is CC(C)c1nsc(NCCc2nc(N(C)C)no2)n1. The lowest BCUT2D eigenvalue weighted by molar-refractivity contribution is 0.380. The van der Waals surface area contributed by atoms with E-state index in [9.17, 15) is 0 Å². The van der Waals surface area contributed by atoms with Gasteiger partial charge in [-0.05, 0) is 5.16 Å². The zero-order chi connectivity index (χ0) is 13.8. The molecule has 2 heterocycles. The lowest BCUT2D eigenvalue weighted by Crippen LogP contribution is -2.10. The van der Waals surface area contributed by atoms with E-state index in [0.717, 1.165) is 11.0 Å². The summed E-state index contributed by atoms with van der Waals surface area (Å²) in [5.41, 5.74) is 0. The average molecular weight is 282 g/mol. The summed E-state index contributed by atoms with van der Waals surface area (Å²) in [6, 6.07) is 0. The molecular weight excluding hydrogens is 264 g/mol. The Balaban J connectivity index is 1.82. The molecule has 8 heteroatoms. The van der Waals surface area contributed by atoms with E-state index >= 15 is 0 Å². The second kappa shape index (κ2) is 5.96. The van der Waals surface area contributed by atoms with Gasteiger partial charge in [-0.1, -0.05) is 13.8 Å². The smallest absolute Gasteiger partial charge is 0.265 e. The van der Waals surface area contributed by atoms with Crippen LogP contribution in [0.1, 0.15) is 31.5 Å². The van der Waals surface area contributed by atoms with Gasteiger partial charge in [0, 0.05) is 44.5 Å². The molecule has 2 aromatic heterocycles. The Kier molecular flexibility index (Phi) is 4.31. The first-order valence-corrected chi connectivity index (χ1v) is 6.91. The molecular formula is C11H18N6OS. The van der Waals surface area contributed by atoms with Crippen molar-refractivity contribution in [2.45, 2.75) is 26.2 Å². The summed E-state index contributed by atoms with van der Waals surface area (Å²) in [6.07, 6.45) is 0.664. The highest BCUT2D eigenvalue weighted by atomic mass is 32.1. The fraction of sp³-hybridized carbons (Fsp3) is 0.636. The molecule has 2 rings (SSSR count). The molecule has 0 bridgehead atoms. The van der Waals surface area contributed by atoms with Crippen LogP contribution < -0.4 is 10.2 Å². The molecule has 7 nitrogen and oxygen atoms in total. The Bertz CT molecular complexity index is 474. The molecule has 104 valence electrons. The summed E-state index contributed by atoms with van der Waals surface area (Å²) in [7, 11) is 3.75. The van der Waals surface area contributed by atoms with Gasteiger partial charge in [-0.15, -0.1) is 0 Å². The minimum Gasteiger partial charge on any atom is -0.360 e. The van der Waals surface area contributed by atoms with Gasteiger partial charge in [0.25, 0.3) is 5.95 Å². The van der Waals surface area contributed by atoms with Gasteiger partial charge in [0.1, 0.15) is 5.82 Å². The van der Waals surface area contributed by atoms with Crippen LogP contribution in [-0.2, 0) is 6.42 Å². The molecule has 0 saturated heterocycles. The van der Waals surface area contributed by atoms with Crippen molar-refractivity contribution < 1.29 is 4.52 Å². The van der Waals surface area contributed by atoms with E-state index in [1.807, 2.05) is 14.1 Å². The zero-order valence-electron chi connectivity index (χ0n) is 11.5. The van der Waals surface area contributed by atoms with Gasteiger partial charge < -0.3 is 14.7 Å². The minimum absolute atomic E-state index is 0.352. The van der Waals surface area contributed by atoms with Crippen LogP contribution in [0.3, 0.4) is 0 Å². The van der Waals surface area contributed by atoms with Crippen molar-refractivity contribution in [1.29, 1.82) is 0 Å². The number of aromatic nitrogens is 4. The number of nitrogens with zero attached hydrogens (tertiary/aromatic N) is 5. The standard InChI is InChI=1S/C11H18N6OS/c1-7(2)9-14-11(19-16-9)12-6-5-8-13-10(15-18-8)17(3)4/h7H,5-6H2,1-4H3,(H,12,14,16). The predicted octanol–water partition coefficient (Wildman–Crippen LogP) is 1.77. The molecule has 0 unspecified atom stereocenters. The van der Waals surface area contributed by atoms with Gasteiger partial charge >= 0.3 is 0 Å². The van der Waals surface area contributed by atoms with Gasteiger partial charge in [0.2, 0.25) is 11.0 Å². The number of anilines is 2. The fourth-order valence-corrected chi connectivity index (χ4v) is 2.08. The molecule has 0 amide bonds. The summed E-state index contributed by atoms with van der Waals surface area (Å²) >= 11 is 1.38. The second-order valence-electron chi connectivity index (χ2n) is 4.67. The molecule has 0 atom stereocenters. The Hall–Kier alpha value is -1.70. The van der Waals surface area contributed by atoms with Gasteiger partial charge in [-0.2, -0.15) is 9.36 Å². The van der Waals surface area contributed by atoms with Crippen LogP contribution >= 0.6 is 11.5 Å². The van der Waals surface area contributed by atoms with E-state index in [1.165, 1.54) is 11.5 Å². The molecule has 0 spiro atoms. The Morgan fingerprint density at radius 1 is 1.32 bits per heavy atom. The maximum Gasteiger partial charge on any atom is 0.265 e. The van der Waals surface area contributed by atoms with Crippen LogP contribution in [-0.4, -0.2) is 40.1 Å². The number of hydrogen-bond acceptors (Lipinski definition) is 8. The third-order valence-corrected chi connectivity index (χ3v) is 3.12. The fourth-order valence-electron chi connectivity index (χ4n) is 1.35. The molecule has 0 fully saturated rings. The summed E-state index contributed by atoms with van der Waals surface area (Å²) in [5, 5.41) is 7.90. The zero-order valence-corrected chi connectivity index (χ0v) is 12.4. The van der Waals surface area contributed by atoms with E-state index in [2.05, 4.69) is 38.7 Å². The molecule has 0 aromatic carbocycles. The molecule has 1 N–H and O–H groups in total. The highest BCUT2D eigenvalue weighted by molar-refractivity contribution is 7.09. The van der Waals surface area contributed by atoms with Gasteiger partial charge in [-0.25, -0.2) is 4.98 Å². The molecule has 0 aliphatic rings. The third-order valence-electron chi connectivity index (χ3n) is 2.43. The van der Waals surface area contributed by atoms with Crippen molar-refractivity contribution in [3.8, 4) is 0 Å². The molecule has 0 radical (unpaired) electrons. The van der Waals surface area contributed by atoms with Crippen molar-refractivity contribution in [1.82, 2.24) is 19.5 Å². The maximum atomic E-state index is 5.13. The predicted molar refractivity (Wildman–Crippen MR) is 74.8 cm³/mol. The van der Waals surface area contributed by atoms with Gasteiger partial charge in [-0.3, -0.25) is 0 Å². The van der Waals surface area contributed by atoms with Crippen LogP contribution in [0.15, 0.2) is 4.52 Å². The number of rotatable bonds is 6. The van der Waals surface area contributed by atoms with Crippen molar-refractivity contribution in [3.05, 3.63) is 11.7 Å². The number of hydrogen-bond donors (Lipinski definition) is 1. The van der Waals surface area contributed by atoms with Crippen LogP contribution in [0.25, 0.3) is 0 Å². The quantitative estimate of drug-likeness (QED) is 0.864. The van der Waals surface area contributed by atoms with Crippen LogP contribution in [0.5, 0.6) is 0 Å². The molecule has 19 heavy (non-hydrogen) atoms. The van der Waals surface area contributed by atoms with E-state index < -0.39 is 0 Å². The van der Waals surface area contributed by atoms with Crippen LogP contribution in [0, 0.1) is 0 Å². The largest absolute Gasteiger partial charge is 0.360 e. The van der Waals surface area contributed by atoms with Crippen LogP contribution in [0.2, 0.25) is 0 Å². The van der Waals surface area contributed by atoms with Crippen molar-refractivity contribution in [3.63, 3.8) is 0 Å². The average Bonchev–Trinajstić information content (AvgIpc) is 2.97. The first-order chi connectivity index (χ1) is 9.06. The monoisotopic (exact) mass is 282 g/mol. The molecule has 0 aliphatic heterocycles. The minimum atomic E-state index is 0.352. The molecule has 2 aromatic rings. The van der Waals surface area contributed by atoms with Crippen molar-refractivity contribution in [2.24, 2.45) is 0 Å². The Morgan fingerprint density at radius 3 is 2.68 bits per heavy atom. The highest BCUT2D eigenvalue weighted by Crippen LogP contribution is 2.17. The van der Waals surface area contributed by atoms with Gasteiger partial charge in [0.05, 0.1) is 0 Å². The summed E-state index contributed by atoms with van der Waals surface area (Å²) in [4.78, 5) is 10.5. The first-order valence-electron chi connectivity index (χ1n) is 6.13. The van der Waals surface area contributed by atoms with E-state index in [4.69, 9.17) is 4.52 Å². The third kappa shape index (κ3) is 3.63. The summed E-state index contributed by atoms with van der Waals surface area (Å²) in [6.45, 7) is 4.85. The van der Waals surface area contributed by atoms with Gasteiger partial charge in [0.15, 0.2) is 0 Å². The second-order valence-corrected chi connectivity index (χ2v) is 5.42. The molecule has 0 saturated carbocycles. The van der Waals surface area contributed by atoms with Crippen molar-refractivity contribution >= 4 is 22.6 Å². The lowest BCUT2D eigenvalue weighted by Gasteiger charge is -2.02. The normalized spacial score (nSPS) is 11.0. The van der Waals surface area contributed by atoms with Crippen molar-refractivity contribution in [2.75, 3.05) is 30.9 Å². The van der Waals surface area contributed by atoms with E-state index in [0.29, 0.717) is 30.7 Å². The molecule has 0 aliphatic carbocycles. The van der Waals surface area contributed by atoms with E-state index in [-0.39, 0.29) is 0 Å². The highest BCUT2D eigenvalue weighted by Gasteiger charge is 2.09.